The van der Waals surface area contributed by atoms with Crippen molar-refractivity contribution in [3.05, 3.63) is 53.5 Å². The number of aryl methyl sites for hydroxylation is 2. The molecule has 1 aromatic heterocycles. The number of hydrogen-bond donors (Lipinski definition) is 1. The van der Waals surface area contributed by atoms with Gasteiger partial charge in [-0.25, -0.2) is 13.4 Å². The van der Waals surface area contributed by atoms with Gasteiger partial charge in [0, 0.05) is 0 Å². The molecule has 0 aliphatic carbocycles. The normalized spacial score (nSPS) is 11.3. The first-order valence-corrected chi connectivity index (χ1v) is 7.09. The molecular formula is C13H13FN2O2S. The molecule has 2 aromatic rings. The van der Waals surface area contributed by atoms with Crippen molar-refractivity contribution in [2.24, 2.45) is 0 Å². The van der Waals surface area contributed by atoms with Gasteiger partial charge in [0.15, 0.2) is 0 Å². The van der Waals surface area contributed by atoms with E-state index in [1.54, 1.807) is 12.1 Å². The molecule has 0 aliphatic rings. The Labute approximate surface area is 111 Å². The van der Waals surface area contributed by atoms with Crippen LogP contribution in [0.5, 0.6) is 0 Å². The maximum atomic E-state index is 12.9. The number of nitrogens with one attached hydrogen (secondary N) is 1. The van der Waals surface area contributed by atoms with Crippen molar-refractivity contribution in [3.63, 3.8) is 0 Å². The smallest absolute Gasteiger partial charge is 0.263 e. The van der Waals surface area contributed by atoms with Crippen molar-refractivity contribution >= 4 is 15.8 Å². The van der Waals surface area contributed by atoms with Crippen LogP contribution in [0.3, 0.4) is 0 Å². The first-order chi connectivity index (χ1) is 8.87. The molecule has 4 nitrogen and oxygen atoms in total. The molecule has 0 atom stereocenters. The van der Waals surface area contributed by atoms with E-state index < -0.39 is 16.0 Å². The summed E-state index contributed by atoms with van der Waals surface area (Å²) in [5, 5.41) is 0. The largest absolute Gasteiger partial charge is 0.263 e. The third-order valence-electron chi connectivity index (χ3n) is 2.46. The molecule has 6 heteroatoms. The minimum Gasteiger partial charge on any atom is -0.263 e. The van der Waals surface area contributed by atoms with E-state index in [2.05, 4.69) is 9.71 Å². The monoisotopic (exact) mass is 280 g/mol. The summed E-state index contributed by atoms with van der Waals surface area (Å²) < 4.78 is 39.5. The predicted molar refractivity (Wildman–Crippen MR) is 70.9 cm³/mol. The zero-order chi connectivity index (χ0) is 14.0. The molecular weight excluding hydrogens is 267 g/mol. The van der Waals surface area contributed by atoms with Gasteiger partial charge < -0.3 is 0 Å². The molecule has 1 N–H and O–H groups in total. The number of halogens is 1. The van der Waals surface area contributed by atoms with Crippen LogP contribution in [0.1, 0.15) is 11.1 Å². The Bertz CT molecular complexity index is 694. The van der Waals surface area contributed by atoms with Gasteiger partial charge in [0.2, 0.25) is 5.95 Å². The van der Waals surface area contributed by atoms with Gasteiger partial charge in [-0.1, -0.05) is 12.1 Å². The fourth-order valence-corrected chi connectivity index (χ4v) is 2.94. The Kier molecular flexibility index (Phi) is 3.53. The lowest BCUT2D eigenvalue weighted by atomic mass is 10.2. The number of hydrogen-bond acceptors (Lipinski definition) is 3. The van der Waals surface area contributed by atoms with E-state index in [9.17, 15) is 12.8 Å². The van der Waals surface area contributed by atoms with Crippen molar-refractivity contribution in [2.45, 2.75) is 18.7 Å². The van der Waals surface area contributed by atoms with Crippen LogP contribution in [0.4, 0.5) is 10.2 Å². The maximum Gasteiger partial charge on any atom is 0.263 e. The molecule has 0 spiro atoms. The van der Waals surface area contributed by atoms with E-state index in [1.807, 2.05) is 19.9 Å². The highest BCUT2D eigenvalue weighted by Crippen LogP contribution is 2.17. The van der Waals surface area contributed by atoms with E-state index in [1.165, 1.54) is 12.1 Å². The molecule has 0 aliphatic heterocycles. The van der Waals surface area contributed by atoms with Crippen LogP contribution in [0.25, 0.3) is 0 Å². The van der Waals surface area contributed by atoms with Crippen molar-refractivity contribution in [2.75, 3.05) is 4.72 Å². The Morgan fingerprint density at radius 2 is 1.74 bits per heavy atom. The number of nitrogens with zero attached hydrogens (tertiary/aromatic N) is 1. The van der Waals surface area contributed by atoms with E-state index in [4.69, 9.17) is 0 Å². The number of benzene rings is 1. The van der Waals surface area contributed by atoms with Gasteiger partial charge in [0.1, 0.15) is 5.82 Å². The zero-order valence-corrected chi connectivity index (χ0v) is 11.3. The number of pyridine rings is 1. The summed E-state index contributed by atoms with van der Waals surface area (Å²) >= 11 is 0. The number of rotatable bonds is 3. The third-order valence-corrected chi connectivity index (χ3v) is 3.79. The second kappa shape index (κ2) is 4.97. The quantitative estimate of drug-likeness (QED) is 0.879. The lowest BCUT2D eigenvalue weighted by Gasteiger charge is -2.09. The first kappa shape index (κ1) is 13.5. The Balaban J connectivity index is 2.37. The molecule has 0 bridgehead atoms. The summed E-state index contributed by atoms with van der Waals surface area (Å²) in [5.41, 5.74) is 1.68. The van der Waals surface area contributed by atoms with Gasteiger partial charge in [-0.15, -0.1) is 0 Å². The third kappa shape index (κ3) is 3.29. The highest BCUT2D eigenvalue weighted by molar-refractivity contribution is 7.92. The summed E-state index contributed by atoms with van der Waals surface area (Å²) in [6, 6.07) is 8.91. The molecule has 0 saturated heterocycles. The van der Waals surface area contributed by atoms with Gasteiger partial charge in [0.25, 0.3) is 10.0 Å². The molecule has 0 unspecified atom stereocenters. The average Bonchev–Trinajstić information content (AvgIpc) is 2.26. The summed E-state index contributed by atoms with van der Waals surface area (Å²) in [5.74, 6) is -0.778. The van der Waals surface area contributed by atoms with Crippen LogP contribution >= 0.6 is 0 Å². The van der Waals surface area contributed by atoms with Gasteiger partial charge in [-0.05, 0) is 49.2 Å². The molecule has 0 saturated carbocycles. The maximum absolute atomic E-state index is 12.9. The topological polar surface area (TPSA) is 59.1 Å². The molecule has 0 amide bonds. The second-order valence-electron chi connectivity index (χ2n) is 4.27. The van der Waals surface area contributed by atoms with Gasteiger partial charge >= 0.3 is 0 Å². The van der Waals surface area contributed by atoms with Crippen LogP contribution in [0.15, 0.2) is 41.3 Å². The lowest BCUT2D eigenvalue weighted by molar-refractivity contribution is 0.584. The Hall–Kier alpha value is -1.95. The van der Waals surface area contributed by atoms with E-state index >= 15 is 0 Å². The fraction of sp³-hybridized carbons (Fsp3) is 0.154. The first-order valence-electron chi connectivity index (χ1n) is 5.60. The highest BCUT2D eigenvalue weighted by atomic mass is 32.2. The standard InChI is InChI=1S/C13H13FN2O2S/c1-9-6-10(2)8-11(7-9)19(17,18)16-13-5-3-4-12(14)15-13/h3-8H,1-2H3,(H,15,16). The summed E-state index contributed by atoms with van der Waals surface area (Å²) in [4.78, 5) is 3.61. The predicted octanol–water partition coefficient (Wildman–Crippen LogP) is 2.64. The number of anilines is 1. The molecule has 1 heterocycles. The zero-order valence-electron chi connectivity index (χ0n) is 10.5. The van der Waals surface area contributed by atoms with Crippen LogP contribution in [-0.2, 0) is 10.0 Å². The van der Waals surface area contributed by atoms with E-state index in [-0.39, 0.29) is 10.7 Å². The summed E-state index contributed by atoms with van der Waals surface area (Å²) in [6.07, 6.45) is 0. The molecule has 100 valence electrons. The van der Waals surface area contributed by atoms with Crippen LogP contribution in [0, 0.1) is 19.8 Å². The molecule has 19 heavy (non-hydrogen) atoms. The molecule has 0 radical (unpaired) electrons. The SMILES string of the molecule is Cc1cc(C)cc(S(=O)(=O)Nc2cccc(F)n2)c1. The number of sulfonamides is 1. The van der Waals surface area contributed by atoms with Crippen molar-refractivity contribution in [1.29, 1.82) is 0 Å². The van der Waals surface area contributed by atoms with Crippen LogP contribution in [-0.4, -0.2) is 13.4 Å². The molecule has 1 aromatic carbocycles. The average molecular weight is 280 g/mol. The number of aromatic nitrogens is 1. The van der Waals surface area contributed by atoms with Gasteiger partial charge in [-0.2, -0.15) is 4.39 Å². The minimum atomic E-state index is -3.75. The summed E-state index contributed by atoms with van der Waals surface area (Å²) in [7, 11) is -3.75. The van der Waals surface area contributed by atoms with Gasteiger partial charge in [-0.3, -0.25) is 4.72 Å². The lowest BCUT2D eigenvalue weighted by Crippen LogP contribution is -2.14. The Morgan fingerprint density at radius 3 is 2.32 bits per heavy atom. The second-order valence-corrected chi connectivity index (χ2v) is 5.96. The minimum absolute atomic E-state index is 0.0424. The van der Waals surface area contributed by atoms with Crippen molar-refractivity contribution in [3.8, 4) is 0 Å². The van der Waals surface area contributed by atoms with Crippen LogP contribution in [0.2, 0.25) is 0 Å². The van der Waals surface area contributed by atoms with Crippen molar-refractivity contribution < 1.29 is 12.8 Å². The van der Waals surface area contributed by atoms with Gasteiger partial charge in [0.05, 0.1) is 4.90 Å². The van der Waals surface area contributed by atoms with E-state index in [0.717, 1.165) is 17.2 Å². The Morgan fingerprint density at radius 1 is 1.11 bits per heavy atom. The molecule has 0 fully saturated rings. The van der Waals surface area contributed by atoms with Crippen LogP contribution < -0.4 is 4.72 Å². The summed E-state index contributed by atoms with van der Waals surface area (Å²) in [6.45, 7) is 3.62. The van der Waals surface area contributed by atoms with Crippen molar-refractivity contribution in [1.82, 2.24) is 4.98 Å². The highest BCUT2D eigenvalue weighted by Gasteiger charge is 2.15. The molecule has 2 rings (SSSR count). The van der Waals surface area contributed by atoms with E-state index in [0.29, 0.717) is 0 Å². The fourth-order valence-electron chi connectivity index (χ4n) is 1.75.